The minimum absolute atomic E-state index is 0.0928. The lowest BCUT2D eigenvalue weighted by Gasteiger charge is -2.14. The standard InChI is InChI=1S/C17H15Br2NO/c1-10-3-5-15(14(19)7-10)20-11(2)17-9-12-8-13(18)4-6-16(12)21-17/h3-9,11,20H,1-2H3. The monoisotopic (exact) mass is 407 g/mol. The van der Waals surface area contributed by atoms with Crippen molar-refractivity contribution in [2.75, 3.05) is 5.32 Å². The molecule has 0 aliphatic rings. The summed E-state index contributed by atoms with van der Waals surface area (Å²) in [6.07, 6.45) is 0. The zero-order chi connectivity index (χ0) is 15.0. The minimum atomic E-state index is 0.0928. The molecule has 21 heavy (non-hydrogen) atoms. The third kappa shape index (κ3) is 3.16. The highest BCUT2D eigenvalue weighted by Crippen LogP contribution is 2.31. The van der Waals surface area contributed by atoms with Crippen molar-refractivity contribution in [2.24, 2.45) is 0 Å². The molecule has 1 N–H and O–H groups in total. The summed E-state index contributed by atoms with van der Waals surface area (Å²) in [5, 5.41) is 4.58. The second-order valence-electron chi connectivity index (χ2n) is 5.18. The lowest BCUT2D eigenvalue weighted by molar-refractivity contribution is 0.526. The predicted octanol–water partition coefficient (Wildman–Crippen LogP) is 6.44. The van der Waals surface area contributed by atoms with Crippen molar-refractivity contribution < 1.29 is 4.42 Å². The smallest absolute Gasteiger partial charge is 0.134 e. The number of halogens is 2. The molecule has 4 heteroatoms. The topological polar surface area (TPSA) is 25.2 Å². The van der Waals surface area contributed by atoms with Gasteiger partial charge < -0.3 is 9.73 Å². The van der Waals surface area contributed by atoms with Gasteiger partial charge in [0.15, 0.2) is 0 Å². The zero-order valence-corrected chi connectivity index (χ0v) is 15.0. The Kier molecular flexibility index (Phi) is 4.09. The van der Waals surface area contributed by atoms with Crippen LogP contribution in [0, 0.1) is 6.92 Å². The molecule has 0 saturated heterocycles. The van der Waals surface area contributed by atoms with Gasteiger partial charge in [0, 0.05) is 20.0 Å². The number of hydrogen-bond donors (Lipinski definition) is 1. The van der Waals surface area contributed by atoms with Crippen molar-refractivity contribution in [1.82, 2.24) is 0 Å². The van der Waals surface area contributed by atoms with E-state index >= 15 is 0 Å². The molecule has 0 amide bonds. The third-order valence-corrected chi connectivity index (χ3v) is 4.57. The van der Waals surface area contributed by atoms with Crippen LogP contribution in [0.25, 0.3) is 11.0 Å². The van der Waals surface area contributed by atoms with Crippen LogP contribution in [0.1, 0.15) is 24.3 Å². The Balaban J connectivity index is 1.87. The summed E-state index contributed by atoms with van der Waals surface area (Å²) in [4.78, 5) is 0. The first-order valence-electron chi connectivity index (χ1n) is 6.74. The van der Waals surface area contributed by atoms with Gasteiger partial charge in [0.25, 0.3) is 0 Å². The Bertz CT molecular complexity index is 795. The third-order valence-electron chi connectivity index (χ3n) is 3.42. The van der Waals surface area contributed by atoms with Crippen LogP contribution in [0.4, 0.5) is 5.69 Å². The van der Waals surface area contributed by atoms with E-state index in [1.54, 1.807) is 0 Å². The fourth-order valence-corrected chi connectivity index (χ4v) is 3.28. The predicted molar refractivity (Wildman–Crippen MR) is 94.8 cm³/mol. The Labute approximate surface area is 140 Å². The van der Waals surface area contributed by atoms with Crippen molar-refractivity contribution in [3.63, 3.8) is 0 Å². The molecule has 0 bridgehead atoms. The van der Waals surface area contributed by atoms with Crippen molar-refractivity contribution in [2.45, 2.75) is 19.9 Å². The van der Waals surface area contributed by atoms with Gasteiger partial charge in [-0.15, -0.1) is 0 Å². The van der Waals surface area contributed by atoms with Gasteiger partial charge in [0.1, 0.15) is 11.3 Å². The van der Waals surface area contributed by atoms with Crippen LogP contribution < -0.4 is 5.32 Å². The quantitative estimate of drug-likeness (QED) is 0.539. The average Bonchev–Trinajstić information content (AvgIpc) is 2.85. The normalized spacial score (nSPS) is 12.6. The number of anilines is 1. The van der Waals surface area contributed by atoms with E-state index < -0.39 is 0 Å². The summed E-state index contributed by atoms with van der Waals surface area (Å²) < 4.78 is 8.04. The Hall–Kier alpha value is -1.26. The van der Waals surface area contributed by atoms with E-state index in [-0.39, 0.29) is 6.04 Å². The maximum atomic E-state index is 5.92. The SMILES string of the molecule is Cc1ccc(NC(C)c2cc3cc(Br)ccc3o2)c(Br)c1. The van der Waals surface area contributed by atoms with Crippen molar-refractivity contribution in [1.29, 1.82) is 0 Å². The molecule has 0 saturated carbocycles. The molecule has 0 spiro atoms. The lowest BCUT2D eigenvalue weighted by Crippen LogP contribution is -2.06. The van der Waals surface area contributed by atoms with Gasteiger partial charge in [0.05, 0.1) is 6.04 Å². The van der Waals surface area contributed by atoms with E-state index in [0.29, 0.717) is 0 Å². The molecular formula is C17H15Br2NO. The number of hydrogen-bond acceptors (Lipinski definition) is 2. The summed E-state index contributed by atoms with van der Waals surface area (Å²) in [7, 11) is 0. The fraction of sp³-hybridized carbons (Fsp3) is 0.176. The van der Waals surface area contributed by atoms with Gasteiger partial charge >= 0.3 is 0 Å². The molecule has 0 fully saturated rings. The molecule has 0 aliphatic carbocycles. The summed E-state index contributed by atoms with van der Waals surface area (Å²) in [6, 6.07) is 14.5. The van der Waals surface area contributed by atoms with E-state index in [9.17, 15) is 0 Å². The second-order valence-corrected chi connectivity index (χ2v) is 6.95. The highest BCUT2D eigenvalue weighted by atomic mass is 79.9. The van der Waals surface area contributed by atoms with Crippen LogP contribution in [0.15, 0.2) is 55.8 Å². The summed E-state index contributed by atoms with van der Waals surface area (Å²) in [5.41, 5.74) is 3.20. The van der Waals surface area contributed by atoms with E-state index in [2.05, 4.69) is 81.4 Å². The molecule has 1 unspecified atom stereocenters. The number of furan rings is 1. The molecule has 108 valence electrons. The molecule has 3 aromatic rings. The summed E-state index contributed by atoms with van der Waals surface area (Å²) in [5.74, 6) is 0.926. The first-order valence-corrected chi connectivity index (χ1v) is 8.33. The van der Waals surface area contributed by atoms with Crippen molar-refractivity contribution in [3.8, 4) is 0 Å². The van der Waals surface area contributed by atoms with Gasteiger partial charge in [0.2, 0.25) is 0 Å². The van der Waals surface area contributed by atoms with Crippen molar-refractivity contribution >= 4 is 48.5 Å². The average molecular weight is 409 g/mol. The molecule has 0 aliphatic heterocycles. The first-order chi connectivity index (χ1) is 10.0. The van der Waals surface area contributed by atoms with Crippen LogP contribution in [0.2, 0.25) is 0 Å². The molecule has 0 radical (unpaired) electrons. The number of fused-ring (bicyclic) bond motifs is 1. The molecule has 2 nitrogen and oxygen atoms in total. The molecular weight excluding hydrogens is 394 g/mol. The maximum Gasteiger partial charge on any atom is 0.134 e. The summed E-state index contributed by atoms with van der Waals surface area (Å²) >= 11 is 7.08. The van der Waals surface area contributed by atoms with Gasteiger partial charge in [-0.2, -0.15) is 0 Å². The molecule has 2 aromatic carbocycles. The molecule has 1 aromatic heterocycles. The molecule has 1 heterocycles. The van der Waals surface area contributed by atoms with E-state index in [4.69, 9.17) is 4.42 Å². The largest absolute Gasteiger partial charge is 0.459 e. The van der Waals surface area contributed by atoms with Crippen molar-refractivity contribution in [3.05, 3.63) is 62.7 Å². The van der Waals surface area contributed by atoms with Gasteiger partial charge in [-0.25, -0.2) is 0 Å². The fourth-order valence-electron chi connectivity index (χ4n) is 2.29. The van der Waals surface area contributed by atoms with E-state index in [0.717, 1.165) is 31.4 Å². The number of rotatable bonds is 3. The molecule has 1 atom stereocenters. The number of aryl methyl sites for hydroxylation is 1. The number of nitrogens with one attached hydrogen (secondary N) is 1. The van der Waals surface area contributed by atoms with Crippen LogP contribution >= 0.6 is 31.9 Å². The van der Waals surface area contributed by atoms with Crippen LogP contribution in [-0.2, 0) is 0 Å². The van der Waals surface area contributed by atoms with Gasteiger partial charge in [-0.3, -0.25) is 0 Å². The zero-order valence-electron chi connectivity index (χ0n) is 11.8. The number of benzene rings is 2. The van der Waals surface area contributed by atoms with Crippen LogP contribution in [-0.4, -0.2) is 0 Å². The highest BCUT2D eigenvalue weighted by Gasteiger charge is 2.13. The summed E-state index contributed by atoms with van der Waals surface area (Å²) in [6.45, 7) is 4.17. The Morgan fingerprint density at radius 3 is 2.62 bits per heavy atom. The Morgan fingerprint density at radius 1 is 1.05 bits per heavy atom. The van der Waals surface area contributed by atoms with Crippen LogP contribution in [0.3, 0.4) is 0 Å². The lowest BCUT2D eigenvalue weighted by atomic mass is 10.2. The second kappa shape index (κ2) is 5.85. The Morgan fingerprint density at radius 2 is 1.86 bits per heavy atom. The van der Waals surface area contributed by atoms with E-state index in [1.165, 1.54) is 5.56 Å². The molecule has 3 rings (SSSR count). The van der Waals surface area contributed by atoms with Gasteiger partial charge in [-0.05, 0) is 71.7 Å². The minimum Gasteiger partial charge on any atom is -0.459 e. The van der Waals surface area contributed by atoms with Gasteiger partial charge in [-0.1, -0.05) is 22.0 Å². The maximum absolute atomic E-state index is 5.92. The highest BCUT2D eigenvalue weighted by molar-refractivity contribution is 9.10. The first kappa shape index (κ1) is 14.7. The van der Waals surface area contributed by atoms with Crippen LogP contribution in [0.5, 0.6) is 0 Å². The van der Waals surface area contributed by atoms with E-state index in [1.807, 2.05) is 12.1 Å².